The van der Waals surface area contributed by atoms with Crippen LogP contribution in [0.2, 0.25) is 0 Å². The number of allylic oxidation sites excluding steroid dienone is 1. The fourth-order valence-corrected chi connectivity index (χ4v) is 8.18. The summed E-state index contributed by atoms with van der Waals surface area (Å²) in [5, 5.41) is 10.1. The van der Waals surface area contributed by atoms with Gasteiger partial charge in [0.2, 0.25) is 0 Å². The van der Waals surface area contributed by atoms with Crippen molar-refractivity contribution in [3.8, 4) is 0 Å². The van der Waals surface area contributed by atoms with Gasteiger partial charge in [-0.05, 0) is 63.8 Å². The summed E-state index contributed by atoms with van der Waals surface area (Å²) in [5.41, 5.74) is 3.23. The zero-order valence-electron chi connectivity index (χ0n) is 17.6. The van der Waals surface area contributed by atoms with Crippen molar-refractivity contribution in [3.63, 3.8) is 0 Å². The van der Waals surface area contributed by atoms with Crippen LogP contribution in [0.3, 0.4) is 0 Å². The van der Waals surface area contributed by atoms with Crippen LogP contribution in [-0.4, -0.2) is 55.6 Å². The Morgan fingerprint density at radius 1 is 1.32 bits per heavy atom. The van der Waals surface area contributed by atoms with Gasteiger partial charge in [0.1, 0.15) is 0 Å². The van der Waals surface area contributed by atoms with Gasteiger partial charge < -0.3 is 19.5 Å². The fraction of sp³-hybridized carbons (Fsp3) is 0.870. The second-order valence-corrected chi connectivity index (χ2v) is 10.2. The van der Waals surface area contributed by atoms with Gasteiger partial charge in [-0.1, -0.05) is 18.1 Å². The number of ether oxygens (including phenoxy) is 2. The molecule has 0 amide bonds. The van der Waals surface area contributed by atoms with E-state index in [-0.39, 0.29) is 22.7 Å². The molecule has 6 atom stereocenters. The Balaban J connectivity index is 1.63. The normalized spacial score (nSPS) is 48.0. The van der Waals surface area contributed by atoms with Crippen molar-refractivity contribution in [1.82, 2.24) is 4.90 Å². The lowest BCUT2D eigenvalue weighted by atomic mass is 9.50. The van der Waals surface area contributed by atoms with Gasteiger partial charge in [-0.15, -0.1) is 0 Å². The molecule has 3 aliphatic carbocycles. The van der Waals surface area contributed by atoms with Gasteiger partial charge in [0.25, 0.3) is 0 Å². The molecule has 2 bridgehead atoms. The Morgan fingerprint density at radius 2 is 2.11 bits per heavy atom. The minimum absolute atomic E-state index is 0.0195. The van der Waals surface area contributed by atoms with E-state index in [4.69, 9.17) is 9.47 Å². The van der Waals surface area contributed by atoms with Gasteiger partial charge in [0.15, 0.2) is 5.79 Å². The van der Waals surface area contributed by atoms with E-state index < -0.39 is 11.8 Å². The highest BCUT2D eigenvalue weighted by Gasteiger charge is 2.69. The van der Waals surface area contributed by atoms with E-state index in [0.29, 0.717) is 5.92 Å². The molecule has 0 unspecified atom stereocenters. The van der Waals surface area contributed by atoms with Crippen molar-refractivity contribution in [1.29, 1.82) is 0 Å². The molecule has 5 aliphatic rings. The molecular formula is C23H35NO4. The third kappa shape index (κ3) is 2.27. The predicted molar refractivity (Wildman–Crippen MR) is 106 cm³/mol. The summed E-state index contributed by atoms with van der Waals surface area (Å²) in [5.74, 6) is -0.412. The first-order chi connectivity index (χ1) is 13.4. The van der Waals surface area contributed by atoms with Crippen molar-refractivity contribution < 1.29 is 19.4 Å². The predicted octanol–water partition coefficient (Wildman–Crippen LogP) is 3.69. The number of carboxylic acids is 1. The summed E-state index contributed by atoms with van der Waals surface area (Å²) in [4.78, 5) is 14.7. The molecule has 5 heteroatoms. The molecule has 0 aromatic rings. The Hall–Kier alpha value is -0.910. The van der Waals surface area contributed by atoms with Crippen molar-refractivity contribution in [2.75, 3.05) is 33.9 Å². The molecule has 2 aliphatic heterocycles. The quantitative estimate of drug-likeness (QED) is 0.746. The summed E-state index contributed by atoms with van der Waals surface area (Å²) >= 11 is 0. The summed E-state index contributed by atoms with van der Waals surface area (Å²) in [6, 6.07) is 0. The molecule has 0 aromatic carbocycles. The molecule has 3 fully saturated rings. The number of nitrogens with zero attached hydrogens (tertiary/aromatic N) is 1. The smallest absolute Gasteiger partial charge is 0.307 e. The van der Waals surface area contributed by atoms with Crippen LogP contribution >= 0.6 is 0 Å². The summed E-state index contributed by atoms with van der Waals surface area (Å²) in [7, 11) is 4.01. The number of piperidine rings is 1. The van der Waals surface area contributed by atoms with Crippen LogP contribution in [0, 0.1) is 28.6 Å². The number of carbonyl (C=O) groups is 1. The fourth-order valence-electron chi connectivity index (χ4n) is 8.18. The van der Waals surface area contributed by atoms with Crippen molar-refractivity contribution >= 4 is 5.97 Å². The average Bonchev–Trinajstić information content (AvgIpc) is 3.23. The van der Waals surface area contributed by atoms with E-state index in [1.165, 1.54) is 12.8 Å². The van der Waals surface area contributed by atoms with E-state index in [9.17, 15) is 9.90 Å². The van der Waals surface area contributed by atoms with Crippen molar-refractivity contribution in [3.05, 3.63) is 11.1 Å². The highest BCUT2D eigenvalue weighted by atomic mass is 16.7. The van der Waals surface area contributed by atoms with Gasteiger partial charge in [0, 0.05) is 37.5 Å². The van der Waals surface area contributed by atoms with Crippen LogP contribution in [0.25, 0.3) is 0 Å². The zero-order chi connectivity index (χ0) is 19.7. The van der Waals surface area contributed by atoms with Crippen LogP contribution in [0.5, 0.6) is 0 Å². The van der Waals surface area contributed by atoms with Gasteiger partial charge in [-0.25, -0.2) is 0 Å². The van der Waals surface area contributed by atoms with E-state index in [1.807, 2.05) is 0 Å². The third-order valence-corrected chi connectivity index (χ3v) is 9.45. The molecule has 28 heavy (non-hydrogen) atoms. The average molecular weight is 390 g/mol. The lowest BCUT2D eigenvalue weighted by Crippen LogP contribution is -2.64. The molecule has 0 radical (unpaired) electrons. The molecule has 5 rings (SSSR count). The zero-order valence-corrected chi connectivity index (χ0v) is 17.6. The molecule has 2 heterocycles. The molecule has 2 saturated heterocycles. The number of rotatable bonds is 3. The maximum absolute atomic E-state index is 12.2. The minimum Gasteiger partial charge on any atom is -0.481 e. The summed E-state index contributed by atoms with van der Waals surface area (Å²) in [6.07, 6.45) is 8.26. The molecule has 5 nitrogen and oxygen atoms in total. The minimum atomic E-state index is -0.586. The molecular weight excluding hydrogens is 354 g/mol. The number of aliphatic carboxylic acids is 1. The highest BCUT2D eigenvalue weighted by molar-refractivity contribution is 5.73. The Labute approximate surface area is 168 Å². The monoisotopic (exact) mass is 389 g/mol. The molecule has 1 saturated carbocycles. The van der Waals surface area contributed by atoms with Crippen molar-refractivity contribution in [2.24, 2.45) is 28.6 Å². The van der Waals surface area contributed by atoms with Gasteiger partial charge in [-0.2, -0.15) is 0 Å². The van der Waals surface area contributed by atoms with Gasteiger partial charge >= 0.3 is 5.97 Å². The maximum atomic E-state index is 12.2. The molecule has 156 valence electrons. The maximum Gasteiger partial charge on any atom is 0.307 e. The summed E-state index contributed by atoms with van der Waals surface area (Å²) < 4.78 is 12.4. The van der Waals surface area contributed by atoms with Gasteiger partial charge in [0.05, 0.1) is 12.5 Å². The first-order valence-electron chi connectivity index (χ1n) is 11.2. The van der Waals surface area contributed by atoms with Crippen LogP contribution in [0.1, 0.15) is 58.3 Å². The number of hydrogen-bond acceptors (Lipinski definition) is 4. The second-order valence-electron chi connectivity index (χ2n) is 10.2. The van der Waals surface area contributed by atoms with E-state index in [1.54, 1.807) is 18.3 Å². The van der Waals surface area contributed by atoms with Crippen LogP contribution in [0.15, 0.2) is 11.1 Å². The molecule has 2 spiro atoms. The molecule has 1 N–H and O–H groups in total. The number of likely N-dealkylation sites (tertiary alicyclic amines) is 1. The molecule has 0 aromatic heterocycles. The second kappa shape index (κ2) is 6.29. The van der Waals surface area contributed by atoms with Crippen LogP contribution in [-0.2, 0) is 14.3 Å². The number of carboxylic acid groups (broad SMARTS) is 1. The Bertz CT molecular complexity index is 701. The highest BCUT2D eigenvalue weighted by Crippen LogP contribution is 2.71. The first-order valence-corrected chi connectivity index (χ1v) is 11.2. The topological polar surface area (TPSA) is 59.0 Å². The standard InChI is InChI=1S/C23H35NO4/c1-4-23(27-3)10-9-21(14-28-23)16-7-5-15-6-8-17-18(20(25)26)11-22(21,19(15)17)13-24(2)12-16/h16-18H,4-14H2,1-3H3,(H,25,26)/t16-,17-,18-,21+,22-,23+/m0/s1. The van der Waals surface area contributed by atoms with E-state index >= 15 is 0 Å². The number of methoxy groups -OCH3 is 1. The lowest BCUT2D eigenvalue weighted by molar-refractivity contribution is -0.294. The largest absolute Gasteiger partial charge is 0.481 e. The van der Waals surface area contributed by atoms with Crippen molar-refractivity contribution in [2.45, 2.75) is 64.1 Å². The van der Waals surface area contributed by atoms with E-state index in [0.717, 1.165) is 58.2 Å². The van der Waals surface area contributed by atoms with E-state index in [2.05, 4.69) is 18.9 Å². The number of hydrogen-bond donors (Lipinski definition) is 1. The Morgan fingerprint density at radius 3 is 2.75 bits per heavy atom. The van der Waals surface area contributed by atoms with Gasteiger partial charge in [-0.3, -0.25) is 4.79 Å². The Kier molecular flexibility index (Phi) is 4.29. The SMILES string of the molecule is CC[C@]1(OC)CC[C@@]2(CO1)[C@H]1CCC3=C4[C@@H](CC3)[C@@H](C(=O)O)C[C@]42CN(C)C1. The first kappa shape index (κ1) is 19.1. The summed E-state index contributed by atoms with van der Waals surface area (Å²) in [6.45, 7) is 4.98. The third-order valence-electron chi connectivity index (χ3n) is 9.45. The van der Waals surface area contributed by atoms with Crippen LogP contribution < -0.4 is 0 Å². The lowest BCUT2D eigenvalue weighted by Gasteiger charge is -2.62. The van der Waals surface area contributed by atoms with Crippen LogP contribution in [0.4, 0.5) is 0 Å².